The summed E-state index contributed by atoms with van der Waals surface area (Å²) in [6.07, 6.45) is 3.20. The van der Waals surface area contributed by atoms with Crippen molar-refractivity contribution in [1.29, 1.82) is 5.26 Å². The van der Waals surface area contributed by atoms with Crippen LogP contribution in [0.25, 0.3) is 11.1 Å². The van der Waals surface area contributed by atoms with E-state index in [1.165, 1.54) is 17.5 Å². The minimum Gasteiger partial charge on any atom is -0.338 e. The zero-order valence-electron chi connectivity index (χ0n) is 20.0. The average Bonchev–Trinajstić information content (AvgIpc) is 3.47. The molecule has 3 atom stereocenters. The molecule has 0 aromatic heterocycles. The maximum atomic E-state index is 12.7. The van der Waals surface area contributed by atoms with Crippen molar-refractivity contribution in [3.8, 4) is 17.2 Å². The highest BCUT2D eigenvalue weighted by molar-refractivity contribution is 5.87. The number of benzene rings is 2. The average molecular weight is 458 g/mol. The van der Waals surface area contributed by atoms with Gasteiger partial charge in [-0.3, -0.25) is 9.69 Å². The van der Waals surface area contributed by atoms with Crippen LogP contribution in [0.1, 0.15) is 30.4 Å². The predicted molar refractivity (Wildman–Crippen MR) is 134 cm³/mol. The SMILES string of the molecule is CN1CCN(Cc2ccc(-c3ccc(C[C@@H](C#N)NC(=O)C4(N)CC5CC5C4)cc3)cc2)CC1. The molecule has 1 aliphatic heterocycles. The van der Waals surface area contributed by atoms with Crippen LogP contribution in [0.3, 0.4) is 0 Å². The second kappa shape index (κ2) is 9.50. The monoisotopic (exact) mass is 457 g/mol. The fourth-order valence-corrected chi connectivity index (χ4v) is 5.58. The number of fused-ring (bicyclic) bond motifs is 1. The molecular formula is C28H35N5O. The molecule has 5 rings (SSSR count). The van der Waals surface area contributed by atoms with Gasteiger partial charge in [0, 0.05) is 39.1 Å². The molecule has 2 aromatic carbocycles. The quantitative estimate of drug-likeness (QED) is 0.668. The Bertz CT molecular complexity index is 1040. The highest BCUT2D eigenvalue weighted by Gasteiger charge is 2.55. The topological polar surface area (TPSA) is 85.4 Å². The van der Waals surface area contributed by atoms with E-state index in [-0.39, 0.29) is 5.91 Å². The van der Waals surface area contributed by atoms with Gasteiger partial charge in [0.1, 0.15) is 6.04 Å². The van der Waals surface area contributed by atoms with Crippen molar-refractivity contribution >= 4 is 5.91 Å². The Morgan fingerprint density at radius 1 is 1.03 bits per heavy atom. The van der Waals surface area contributed by atoms with Gasteiger partial charge in [0.15, 0.2) is 0 Å². The number of piperazine rings is 1. The number of nitriles is 1. The Labute approximate surface area is 202 Å². The van der Waals surface area contributed by atoms with E-state index in [2.05, 4.69) is 64.6 Å². The van der Waals surface area contributed by atoms with Crippen molar-refractivity contribution in [2.75, 3.05) is 33.2 Å². The Balaban J connectivity index is 1.15. The van der Waals surface area contributed by atoms with Crippen LogP contribution in [0.15, 0.2) is 48.5 Å². The summed E-state index contributed by atoms with van der Waals surface area (Å²) in [5.41, 5.74) is 10.3. The third-order valence-electron chi connectivity index (χ3n) is 7.92. The zero-order valence-corrected chi connectivity index (χ0v) is 20.0. The Morgan fingerprint density at radius 3 is 2.15 bits per heavy atom. The van der Waals surface area contributed by atoms with E-state index < -0.39 is 11.6 Å². The first-order chi connectivity index (χ1) is 16.4. The number of hydrogen-bond acceptors (Lipinski definition) is 5. The van der Waals surface area contributed by atoms with Crippen LogP contribution in [-0.2, 0) is 17.8 Å². The van der Waals surface area contributed by atoms with Gasteiger partial charge in [0.25, 0.3) is 0 Å². The molecule has 1 amide bonds. The lowest BCUT2D eigenvalue weighted by Crippen LogP contribution is -2.55. The minimum atomic E-state index is -0.789. The molecule has 2 unspecified atom stereocenters. The second-order valence-electron chi connectivity index (χ2n) is 10.7. The number of rotatable bonds is 7. The van der Waals surface area contributed by atoms with Gasteiger partial charge < -0.3 is 16.0 Å². The molecule has 1 heterocycles. The zero-order chi connectivity index (χ0) is 23.7. The standard InChI is InChI=1S/C28H35N5O/c1-32-10-12-33(13-11-32)19-21-4-8-23(9-5-21)22-6-2-20(3-7-22)14-26(18-29)31-27(34)28(30)16-24-15-25(24)17-28/h2-9,24-26H,10-17,19,30H2,1H3,(H,31,34)/t24?,25?,26-,28?/m0/s1. The molecular weight excluding hydrogens is 422 g/mol. The number of nitrogens with two attached hydrogens (primary N) is 1. The fourth-order valence-electron chi connectivity index (χ4n) is 5.58. The van der Waals surface area contributed by atoms with Crippen LogP contribution in [0, 0.1) is 23.2 Å². The van der Waals surface area contributed by atoms with Crippen LogP contribution in [0.4, 0.5) is 0 Å². The van der Waals surface area contributed by atoms with Crippen molar-refractivity contribution in [2.45, 2.75) is 43.8 Å². The normalized spacial score (nSPS) is 27.6. The maximum absolute atomic E-state index is 12.7. The van der Waals surface area contributed by atoms with Gasteiger partial charge in [-0.1, -0.05) is 48.5 Å². The molecule has 34 heavy (non-hydrogen) atoms. The predicted octanol–water partition coefficient (Wildman–Crippen LogP) is 2.78. The molecule has 3 N–H and O–H groups in total. The molecule has 2 saturated carbocycles. The summed E-state index contributed by atoms with van der Waals surface area (Å²) in [5, 5.41) is 12.5. The van der Waals surface area contributed by atoms with Crippen molar-refractivity contribution in [3.63, 3.8) is 0 Å². The number of likely N-dealkylation sites (N-methyl/N-ethyl adjacent to an activating group) is 1. The number of nitrogens with one attached hydrogen (secondary N) is 1. The van der Waals surface area contributed by atoms with Crippen LogP contribution < -0.4 is 11.1 Å². The lowest BCUT2D eigenvalue weighted by atomic mass is 9.92. The fraction of sp³-hybridized carbons (Fsp3) is 0.500. The summed E-state index contributed by atoms with van der Waals surface area (Å²) in [6, 6.07) is 18.8. The van der Waals surface area contributed by atoms with Crippen molar-refractivity contribution in [2.24, 2.45) is 17.6 Å². The Kier molecular flexibility index (Phi) is 6.44. The summed E-state index contributed by atoms with van der Waals surface area (Å²) in [5.74, 6) is 1.06. The smallest absolute Gasteiger partial charge is 0.241 e. The van der Waals surface area contributed by atoms with Gasteiger partial charge in [-0.15, -0.1) is 0 Å². The van der Waals surface area contributed by atoms with Crippen molar-refractivity contribution < 1.29 is 4.79 Å². The number of hydrogen-bond donors (Lipinski definition) is 2. The van der Waals surface area contributed by atoms with E-state index in [1.807, 2.05) is 12.1 Å². The van der Waals surface area contributed by atoms with E-state index in [4.69, 9.17) is 5.73 Å². The lowest BCUT2D eigenvalue weighted by Gasteiger charge is -2.32. The Morgan fingerprint density at radius 2 is 1.59 bits per heavy atom. The van der Waals surface area contributed by atoms with E-state index in [0.29, 0.717) is 18.3 Å². The summed E-state index contributed by atoms with van der Waals surface area (Å²) in [6.45, 7) is 5.51. The molecule has 2 aromatic rings. The molecule has 1 saturated heterocycles. The van der Waals surface area contributed by atoms with Gasteiger partial charge in [-0.25, -0.2) is 0 Å². The molecule has 3 aliphatic rings. The number of carbonyl (C=O) groups is 1. The molecule has 6 nitrogen and oxygen atoms in total. The van der Waals surface area contributed by atoms with E-state index in [0.717, 1.165) is 56.7 Å². The first-order valence-corrected chi connectivity index (χ1v) is 12.5. The molecule has 6 heteroatoms. The maximum Gasteiger partial charge on any atom is 0.241 e. The third-order valence-corrected chi connectivity index (χ3v) is 7.92. The molecule has 2 aliphatic carbocycles. The molecule has 0 spiro atoms. The molecule has 0 bridgehead atoms. The summed E-state index contributed by atoms with van der Waals surface area (Å²) in [4.78, 5) is 17.6. The number of nitrogens with zero attached hydrogens (tertiary/aromatic N) is 3. The van der Waals surface area contributed by atoms with Gasteiger partial charge in [-0.2, -0.15) is 5.26 Å². The third kappa shape index (κ3) is 5.17. The largest absolute Gasteiger partial charge is 0.338 e. The number of carbonyl (C=O) groups excluding carboxylic acids is 1. The van der Waals surface area contributed by atoms with Crippen LogP contribution in [-0.4, -0.2) is 60.5 Å². The first-order valence-electron chi connectivity index (χ1n) is 12.5. The minimum absolute atomic E-state index is 0.167. The molecule has 3 fully saturated rings. The summed E-state index contributed by atoms with van der Waals surface area (Å²) >= 11 is 0. The van der Waals surface area contributed by atoms with Crippen LogP contribution >= 0.6 is 0 Å². The molecule has 178 valence electrons. The number of amides is 1. The second-order valence-corrected chi connectivity index (χ2v) is 10.7. The van der Waals surface area contributed by atoms with Crippen molar-refractivity contribution in [1.82, 2.24) is 15.1 Å². The first kappa shape index (κ1) is 23.0. The highest BCUT2D eigenvalue weighted by Crippen LogP contribution is 2.55. The van der Waals surface area contributed by atoms with Crippen LogP contribution in [0.2, 0.25) is 0 Å². The van der Waals surface area contributed by atoms with E-state index in [9.17, 15) is 10.1 Å². The lowest BCUT2D eigenvalue weighted by molar-refractivity contribution is -0.126. The Hall–Kier alpha value is -2.72. The molecule has 0 radical (unpaired) electrons. The summed E-state index contributed by atoms with van der Waals surface area (Å²) < 4.78 is 0. The van der Waals surface area contributed by atoms with Gasteiger partial charge in [-0.05, 0) is 60.4 Å². The van der Waals surface area contributed by atoms with Gasteiger partial charge in [0.05, 0.1) is 11.6 Å². The van der Waals surface area contributed by atoms with E-state index >= 15 is 0 Å². The van der Waals surface area contributed by atoms with E-state index in [1.54, 1.807) is 0 Å². The summed E-state index contributed by atoms with van der Waals surface area (Å²) in [7, 11) is 2.18. The highest BCUT2D eigenvalue weighted by atomic mass is 16.2. The van der Waals surface area contributed by atoms with Crippen molar-refractivity contribution in [3.05, 3.63) is 59.7 Å². The van der Waals surface area contributed by atoms with Crippen LogP contribution in [0.5, 0.6) is 0 Å². The van der Waals surface area contributed by atoms with Gasteiger partial charge >= 0.3 is 0 Å². The van der Waals surface area contributed by atoms with Gasteiger partial charge in [0.2, 0.25) is 5.91 Å².